The highest BCUT2D eigenvalue weighted by molar-refractivity contribution is 7.80. The van der Waals surface area contributed by atoms with E-state index in [0.29, 0.717) is 0 Å². The Morgan fingerprint density at radius 2 is 2.20 bits per heavy atom. The van der Waals surface area contributed by atoms with Gasteiger partial charge in [0.05, 0.1) is 0 Å². The van der Waals surface area contributed by atoms with E-state index in [-0.39, 0.29) is 5.44 Å². The zero-order valence-electron chi connectivity index (χ0n) is 3.01. The first-order valence-electron chi connectivity index (χ1n) is 1.31. The number of hydrogen-bond acceptors (Lipinski definition) is 2. The van der Waals surface area contributed by atoms with Crippen molar-refractivity contribution in [1.82, 2.24) is 0 Å². The van der Waals surface area contributed by atoms with Gasteiger partial charge < -0.3 is 4.52 Å². The van der Waals surface area contributed by atoms with Gasteiger partial charge in [-0.25, -0.2) is 0 Å². The molecule has 0 aromatic rings. The van der Waals surface area contributed by atoms with Gasteiger partial charge >= 0.3 is 0 Å². The van der Waals surface area contributed by atoms with Crippen LogP contribution in [0.2, 0.25) is 0 Å². The quantitative estimate of drug-likeness (QED) is 0.302. The summed E-state index contributed by atoms with van der Waals surface area (Å²) in [5.41, 5.74) is 0.0417. The highest BCUT2D eigenvalue weighted by Gasteiger charge is 1.80. The minimum absolute atomic E-state index is 0.0417. The molecule has 0 spiro atoms. The normalized spacial score (nSPS) is 15.0. The van der Waals surface area contributed by atoms with Crippen molar-refractivity contribution in [3.05, 3.63) is 0 Å². The third-order valence-corrected chi connectivity index (χ3v) is 0.956. The third-order valence-electron chi connectivity index (χ3n) is 0.197. The second-order valence-electron chi connectivity index (χ2n) is 0.735. The van der Waals surface area contributed by atoms with Gasteiger partial charge in [0.25, 0.3) is 0 Å². The minimum atomic E-state index is 0.0417. The topological polar surface area (TPSA) is 9.23 Å². The van der Waals surface area contributed by atoms with Crippen molar-refractivity contribution in [2.75, 3.05) is 0 Å². The van der Waals surface area contributed by atoms with Crippen LogP contribution in [0, 0.1) is 0 Å². The molecule has 0 aromatic heterocycles. The van der Waals surface area contributed by atoms with E-state index in [9.17, 15) is 0 Å². The maximum Gasteiger partial charge on any atom is 0.101 e. The molecule has 1 unspecified atom stereocenters. The maximum absolute atomic E-state index is 4.53. The van der Waals surface area contributed by atoms with E-state index in [0.717, 1.165) is 0 Å². The molecule has 0 rings (SSSR count). The monoisotopic (exact) mass is 110 g/mol. The van der Waals surface area contributed by atoms with Crippen molar-refractivity contribution in [2.24, 2.45) is 0 Å². The number of hydrogen-bond donors (Lipinski definition) is 1. The maximum atomic E-state index is 4.53. The Morgan fingerprint density at radius 3 is 2.20 bits per heavy atom. The summed E-state index contributed by atoms with van der Waals surface area (Å²) in [7, 11) is 2.12. The molecule has 5 heavy (non-hydrogen) atoms. The first-order valence-corrected chi connectivity index (χ1v) is 2.29. The second kappa shape index (κ2) is 2.95. The van der Waals surface area contributed by atoms with Crippen LogP contribution in [-0.4, -0.2) is 5.44 Å². The Balaban J connectivity index is 2.54. The Hall–Kier alpha value is 0.740. The molecular formula is C2H7OPS. The smallest absolute Gasteiger partial charge is 0.101 e. The average molecular weight is 110 g/mol. The van der Waals surface area contributed by atoms with Gasteiger partial charge in [-0.2, -0.15) is 0 Å². The van der Waals surface area contributed by atoms with Crippen molar-refractivity contribution in [2.45, 2.75) is 12.4 Å². The molecule has 0 radical (unpaired) electrons. The Bertz CT molecular complexity index is 23.6. The summed E-state index contributed by atoms with van der Waals surface area (Å²) in [5.74, 6) is 0. The fourth-order valence-corrected chi connectivity index (χ4v) is 0. The summed E-state index contributed by atoms with van der Waals surface area (Å²) >= 11 is 3.85. The summed E-state index contributed by atoms with van der Waals surface area (Å²) < 4.78 is 4.53. The highest BCUT2D eigenvalue weighted by atomic mass is 32.1. The Kier molecular flexibility index (Phi) is 3.39. The fourth-order valence-electron chi connectivity index (χ4n) is 0. The Labute approximate surface area is 39.8 Å². The lowest BCUT2D eigenvalue weighted by atomic mass is 10.9. The zero-order chi connectivity index (χ0) is 4.28. The first-order chi connectivity index (χ1) is 2.27. The van der Waals surface area contributed by atoms with Gasteiger partial charge in [-0.15, -0.1) is 12.6 Å². The predicted octanol–water partition coefficient (Wildman–Crippen LogP) is 1.07. The lowest BCUT2D eigenvalue weighted by molar-refractivity contribution is 0.365. The molecule has 32 valence electrons. The second-order valence-corrected chi connectivity index (χ2v) is 1.73. The molecule has 0 saturated carbocycles. The van der Waals surface area contributed by atoms with Crippen LogP contribution in [0.4, 0.5) is 0 Å². The molecule has 3 heteroatoms. The van der Waals surface area contributed by atoms with Gasteiger partial charge in [-0.1, -0.05) is 0 Å². The van der Waals surface area contributed by atoms with Crippen molar-refractivity contribution in [3.63, 3.8) is 0 Å². The largest absolute Gasteiger partial charge is 0.352 e. The lowest BCUT2D eigenvalue weighted by Gasteiger charge is -1.93. The van der Waals surface area contributed by atoms with Gasteiger partial charge in [-0.05, 0) is 6.92 Å². The van der Waals surface area contributed by atoms with E-state index in [4.69, 9.17) is 0 Å². The van der Waals surface area contributed by atoms with Gasteiger partial charge in [0, 0.05) is 9.47 Å². The lowest BCUT2D eigenvalue weighted by Crippen LogP contribution is -1.83. The van der Waals surface area contributed by atoms with Crippen LogP contribution in [0.3, 0.4) is 0 Å². The summed E-state index contributed by atoms with van der Waals surface area (Å²) in [6.07, 6.45) is 0. The fraction of sp³-hybridized carbons (Fsp3) is 1.00. The van der Waals surface area contributed by atoms with Crippen molar-refractivity contribution < 1.29 is 4.52 Å². The molecule has 0 aliphatic carbocycles. The van der Waals surface area contributed by atoms with Crippen LogP contribution >= 0.6 is 22.1 Å². The molecule has 0 N–H and O–H groups in total. The van der Waals surface area contributed by atoms with E-state index in [1.165, 1.54) is 0 Å². The van der Waals surface area contributed by atoms with E-state index in [1.807, 2.05) is 6.92 Å². The molecule has 0 fully saturated rings. The van der Waals surface area contributed by atoms with Crippen molar-refractivity contribution in [1.29, 1.82) is 0 Å². The van der Waals surface area contributed by atoms with E-state index in [1.54, 1.807) is 0 Å². The summed E-state index contributed by atoms with van der Waals surface area (Å²) in [6.45, 7) is 1.84. The summed E-state index contributed by atoms with van der Waals surface area (Å²) in [5, 5.41) is 0. The van der Waals surface area contributed by atoms with Crippen molar-refractivity contribution >= 4 is 22.1 Å². The standard InChI is InChI=1S/C2H7OPS/c1-2(5)3-4/h2,5H,4H2,1H3/t2-/m0/s1. The SMILES string of the molecule is C[C@H](S)OP. The van der Waals surface area contributed by atoms with Crippen LogP contribution in [0.1, 0.15) is 6.92 Å². The Morgan fingerprint density at radius 1 is 2.00 bits per heavy atom. The zero-order valence-corrected chi connectivity index (χ0v) is 5.06. The van der Waals surface area contributed by atoms with Crippen LogP contribution in [-0.2, 0) is 4.52 Å². The van der Waals surface area contributed by atoms with E-state index < -0.39 is 0 Å². The molecule has 0 aliphatic heterocycles. The molecule has 0 heterocycles. The molecule has 0 amide bonds. The molecule has 2 atom stereocenters. The van der Waals surface area contributed by atoms with Gasteiger partial charge in [0.2, 0.25) is 0 Å². The number of rotatable bonds is 1. The van der Waals surface area contributed by atoms with Crippen LogP contribution in [0.15, 0.2) is 0 Å². The third kappa shape index (κ3) is 4.74. The molecule has 0 saturated heterocycles. The molecule has 1 nitrogen and oxygen atoms in total. The van der Waals surface area contributed by atoms with Crippen molar-refractivity contribution in [3.8, 4) is 0 Å². The minimum Gasteiger partial charge on any atom is -0.352 e. The van der Waals surface area contributed by atoms with Gasteiger partial charge in [0.15, 0.2) is 0 Å². The molecule has 0 aliphatic rings. The first kappa shape index (κ1) is 5.74. The molecule has 0 aromatic carbocycles. The summed E-state index contributed by atoms with van der Waals surface area (Å²) in [4.78, 5) is 0. The molecule has 0 bridgehead atoms. The highest BCUT2D eigenvalue weighted by Crippen LogP contribution is 1.97. The van der Waals surface area contributed by atoms with E-state index in [2.05, 4.69) is 26.6 Å². The van der Waals surface area contributed by atoms with Gasteiger partial charge in [-0.3, -0.25) is 0 Å². The van der Waals surface area contributed by atoms with Gasteiger partial charge in [0.1, 0.15) is 5.44 Å². The summed E-state index contributed by atoms with van der Waals surface area (Å²) in [6, 6.07) is 0. The predicted molar refractivity (Wildman–Crippen MR) is 29.2 cm³/mol. The number of thiol groups is 1. The van der Waals surface area contributed by atoms with Crippen LogP contribution in [0.25, 0.3) is 0 Å². The van der Waals surface area contributed by atoms with Crippen LogP contribution in [0.5, 0.6) is 0 Å². The molecular weight excluding hydrogens is 103 g/mol. The van der Waals surface area contributed by atoms with E-state index >= 15 is 0 Å². The van der Waals surface area contributed by atoms with Crippen LogP contribution < -0.4 is 0 Å². The average Bonchev–Trinajstić information content (AvgIpc) is 1.38.